The highest BCUT2D eigenvalue weighted by molar-refractivity contribution is 5.91. The number of amides is 1. The lowest BCUT2D eigenvalue weighted by atomic mass is 10.2. The molecule has 1 N–H and O–H groups in total. The Morgan fingerprint density at radius 1 is 1.36 bits per heavy atom. The number of nitrogens with one attached hydrogen (secondary N) is 1. The van der Waals surface area contributed by atoms with Gasteiger partial charge in [0.25, 0.3) is 5.91 Å². The molecule has 2 aromatic heterocycles. The summed E-state index contributed by atoms with van der Waals surface area (Å²) in [7, 11) is 1.87. The molecule has 0 bridgehead atoms. The van der Waals surface area contributed by atoms with Crippen molar-refractivity contribution in [3.63, 3.8) is 0 Å². The maximum Gasteiger partial charge on any atom is 0.287 e. The van der Waals surface area contributed by atoms with Gasteiger partial charge in [-0.1, -0.05) is 0 Å². The standard InChI is InChI=1S/C16H22N4O2/c1-12-13(10-19(2)18-12)9-17-16(21)15-6-5-14(22-15)11-20-7-3-4-8-20/h5-6,10H,3-4,7-9,11H2,1-2H3,(H,17,21). The molecule has 0 unspecified atom stereocenters. The fraction of sp³-hybridized carbons (Fsp3) is 0.500. The van der Waals surface area contributed by atoms with Crippen LogP contribution in [0.5, 0.6) is 0 Å². The van der Waals surface area contributed by atoms with Gasteiger partial charge in [-0.25, -0.2) is 0 Å². The molecule has 6 nitrogen and oxygen atoms in total. The second-order valence-corrected chi connectivity index (χ2v) is 5.85. The Bertz CT molecular complexity index is 653. The van der Waals surface area contributed by atoms with E-state index >= 15 is 0 Å². The molecule has 3 rings (SSSR count). The molecule has 1 aliphatic heterocycles. The van der Waals surface area contributed by atoms with E-state index in [-0.39, 0.29) is 5.91 Å². The van der Waals surface area contributed by atoms with E-state index in [9.17, 15) is 4.79 Å². The molecule has 2 aromatic rings. The number of nitrogens with zero attached hydrogens (tertiary/aromatic N) is 3. The molecule has 3 heterocycles. The molecule has 0 spiro atoms. The van der Waals surface area contributed by atoms with Crippen molar-refractivity contribution in [1.82, 2.24) is 20.0 Å². The first kappa shape index (κ1) is 14.8. The molecule has 6 heteroatoms. The highest BCUT2D eigenvalue weighted by Crippen LogP contribution is 2.15. The van der Waals surface area contributed by atoms with Crippen LogP contribution in [0.1, 0.15) is 40.4 Å². The molecule has 1 aliphatic rings. The summed E-state index contributed by atoms with van der Waals surface area (Å²) in [5.41, 5.74) is 1.94. The van der Waals surface area contributed by atoms with Crippen LogP contribution in [-0.4, -0.2) is 33.7 Å². The van der Waals surface area contributed by atoms with Crippen molar-refractivity contribution in [1.29, 1.82) is 0 Å². The molecular weight excluding hydrogens is 280 g/mol. The smallest absolute Gasteiger partial charge is 0.287 e. The van der Waals surface area contributed by atoms with Crippen LogP contribution in [0.2, 0.25) is 0 Å². The Morgan fingerprint density at radius 3 is 2.82 bits per heavy atom. The third-order valence-corrected chi connectivity index (χ3v) is 4.02. The van der Waals surface area contributed by atoms with Crippen LogP contribution in [0.3, 0.4) is 0 Å². The minimum absolute atomic E-state index is 0.184. The number of aryl methyl sites for hydroxylation is 2. The molecule has 0 radical (unpaired) electrons. The van der Waals surface area contributed by atoms with E-state index in [1.165, 1.54) is 12.8 Å². The van der Waals surface area contributed by atoms with Gasteiger partial charge >= 0.3 is 0 Å². The zero-order valence-corrected chi connectivity index (χ0v) is 13.1. The van der Waals surface area contributed by atoms with E-state index in [4.69, 9.17) is 4.42 Å². The third kappa shape index (κ3) is 3.39. The summed E-state index contributed by atoms with van der Waals surface area (Å²) < 4.78 is 7.40. The molecule has 1 saturated heterocycles. The molecule has 118 valence electrons. The first-order valence-corrected chi connectivity index (χ1v) is 7.70. The fourth-order valence-electron chi connectivity index (χ4n) is 2.83. The van der Waals surface area contributed by atoms with Crippen LogP contribution in [0.15, 0.2) is 22.7 Å². The number of furan rings is 1. The van der Waals surface area contributed by atoms with Gasteiger partial charge in [-0.15, -0.1) is 0 Å². The van der Waals surface area contributed by atoms with Crippen molar-refractivity contribution in [3.8, 4) is 0 Å². The Morgan fingerprint density at radius 2 is 2.14 bits per heavy atom. The SMILES string of the molecule is Cc1nn(C)cc1CNC(=O)c1ccc(CN2CCCC2)o1. The van der Waals surface area contributed by atoms with E-state index in [2.05, 4.69) is 15.3 Å². The normalized spacial score (nSPS) is 15.4. The average Bonchev–Trinajstić information content (AvgIpc) is 3.19. The van der Waals surface area contributed by atoms with Crippen LogP contribution < -0.4 is 5.32 Å². The van der Waals surface area contributed by atoms with Gasteiger partial charge in [-0.05, 0) is 45.0 Å². The van der Waals surface area contributed by atoms with Crippen molar-refractivity contribution in [2.45, 2.75) is 32.9 Å². The minimum Gasteiger partial charge on any atom is -0.455 e. The zero-order valence-electron chi connectivity index (χ0n) is 13.1. The van der Waals surface area contributed by atoms with Gasteiger partial charge in [-0.2, -0.15) is 5.10 Å². The average molecular weight is 302 g/mol. The van der Waals surface area contributed by atoms with Gasteiger partial charge in [0.15, 0.2) is 5.76 Å². The van der Waals surface area contributed by atoms with Crippen LogP contribution in [0, 0.1) is 6.92 Å². The van der Waals surface area contributed by atoms with Crippen LogP contribution >= 0.6 is 0 Å². The molecule has 0 aliphatic carbocycles. The molecule has 0 aromatic carbocycles. The summed E-state index contributed by atoms with van der Waals surface area (Å²) in [5, 5.41) is 7.14. The van der Waals surface area contributed by atoms with E-state index < -0.39 is 0 Å². The fourth-order valence-corrected chi connectivity index (χ4v) is 2.83. The second-order valence-electron chi connectivity index (χ2n) is 5.85. The lowest BCUT2D eigenvalue weighted by Crippen LogP contribution is -2.22. The predicted octanol–water partition coefficient (Wildman–Crippen LogP) is 1.85. The monoisotopic (exact) mass is 302 g/mol. The summed E-state index contributed by atoms with van der Waals surface area (Å²) >= 11 is 0. The number of aromatic nitrogens is 2. The van der Waals surface area contributed by atoms with Crippen molar-refractivity contribution in [3.05, 3.63) is 41.1 Å². The maximum absolute atomic E-state index is 12.1. The Hall–Kier alpha value is -2.08. The second kappa shape index (κ2) is 6.36. The Labute approximate surface area is 130 Å². The van der Waals surface area contributed by atoms with Crippen molar-refractivity contribution >= 4 is 5.91 Å². The summed E-state index contributed by atoms with van der Waals surface area (Å²) in [5.74, 6) is 1.04. The molecule has 0 saturated carbocycles. The van der Waals surface area contributed by atoms with Gasteiger partial charge in [0.1, 0.15) is 5.76 Å². The molecule has 22 heavy (non-hydrogen) atoms. The zero-order chi connectivity index (χ0) is 15.5. The van der Waals surface area contributed by atoms with Crippen LogP contribution in [-0.2, 0) is 20.1 Å². The number of carbonyl (C=O) groups excluding carboxylic acids is 1. The first-order chi connectivity index (χ1) is 10.6. The van der Waals surface area contributed by atoms with Gasteiger partial charge < -0.3 is 9.73 Å². The Kier molecular flexibility index (Phi) is 4.29. The van der Waals surface area contributed by atoms with E-state index in [0.29, 0.717) is 12.3 Å². The number of carbonyl (C=O) groups is 1. The first-order valence-electron chi connectivity index (χ1n) is 7.70. The number of hydrogen-bond acceptors (Lipinski definition) is 4. The molecular formula is C16H22N4O2. The van der Waals surface area contributed by atoms with E-state index in [0.717, 1.165) is 36.7 Å². The van der Waals surface area contributed by atoms with Gasteiger partial charge in [0.05, 0.1) is 12.2 Å². The van der Waals surface area contributed by atoms with E-state index in [1.54, 1.807) is 10.7 Å². The van der Waals surface area contributed by atoms with Gasteiger partial charge in [-0.3, -0.25) is 14.4 Å². The van der Waals surface area contributed by atoms with Crippen LogP contribution in [0.4, 0.5) is 0 Å². The van der Waals surface area contributed by atoms with Crippen molar-refractivity contribution < 1.29 is 9.21 Å². The third-order valence-electron chi connectivity index (χ3n) is 4.02. The Balaban J connectivity index is 1.55. The quantitative estimate of drug-likeness (QED) is 0.915. The van der Waals surface area contributed by atoms with Crippen molar-refractivity contribution in [2.75, 3.05) is 13.1 Å². The summed E-state index contributed by atoms with van der Waals surface area (Å²) in [6.07, 6.45) is 4.41. The van der Waals surface area contributed by atoms with Gasteiger partial charge in [0, 0.05) is 25.4 Å². The number of likely N-dealkylation sites (tertiary alicyclic amines) is 1. The summed E-state index contributed by atoms with van der Waals surface area (Å²) in [6, 6.07) is 3.64. The molecule has 1 amide bonds. The topological polar surface area (TPSA) is 63.3 Å². The number of rotatable bonds is 5. The largest absolute Gasteiger partial charge is 0.455 e. The summed E-state index contributed by atoms with van der Waals surface area (Å²) in [6.45, 7) is 5.41. The van der Waals surface area contributed by atoms with Crippen LogP contribution in [0.25, 0.3) is 0 Å². The minimum atomic E-state index is -0.184. The lowest BCUT2D eigenvalue weighted by molar-refractivity contribution is 0.0919. The summed E-state index contributed by atoms with van der Waals surface area (Å²) in [4.78, 5) is 14.5. The predicted molar refractivity (Wildman–Crippen MR) is 82.3 cm³/mol. The van der Waals surface area contributed by atoms with Crippen molar-refractivity contribution in [2.24, 2.45) is 7.05 Å². The highest BCUT2D eigenvalue weighted by atomic mass is 16.4. The number of hydrogen-bond donors (Lipinski definition) is 1. The lowest BCUT2D eigenvalue weighted by Gasteiger charge is -2.11. The molecule has 1 fully saturated rings. The van der Waals surface area contributed by atoms with Gasteiger partial charge in [0.2, 0.25) is 0 Å². The van der Waals surface area contributed by atoms with E-state index in [1.807, 2.05) is 26.2 Å². The maximum atomic E-state index is 12.1. The molecule has 0 atom stereocenters. The highest BCUT2D eigenvalue weighted by Gasteiger charge is 2.16.